The molecule has 2 N–H and O–H groups in total. The van der Waals surface area contributed by atoms with Crippen molar-refractivity contribution < 1.29 is 38.1 Å². The molecule has 59 heavy (non-hydrogen) atoms. The van der Waals surface area contributed by atoms with Crippen LogP contribution >= 0.6 is 0 Å². The second-order valence-electron chi connectivity index (χ2n) is 16.1. The van der Waals surface area contributed by atoms with Gasteiger partial charge < -0.3 is 39.4 Å². The molecule has 2 aromatic rings. The number of benzene rings is 2. The van der Waals surface area contributed by atoms with Crippen LogP contribution in [0.1, 0.15) is 82.8 Å². The number of alkyl carbamates (subject to hydrolysis) is 2. The molecule has 4 amide bonds. The fourth-order valence-electron chi connectivity index (χ4n) is 9.53. The Kier molecular flexibility index (Phi) is 13.0. The average molecular weight is 808 g/mol. The molecule has 0 bridgehead atoms. The molecular formula is C46H57N5O8. The second kappa shape index (κ2) is 18.3. The van der Waals surface area contributed by atoms with Crippen molar-refractivity contribution in [2.75, 3.05) is 41.5 Å². The molecule has 0 radical (unpaired) electrons. The van der Waals surface area contributed by atoms with Gasteiger partial charge in [0, 0.05) is 45.6 Å². The lowest BCUT2D eigenvalue weighted by Crippen LogP contribution is -2.56. The van der Waals surface area contributed by atoms with Crippen molar-refractivity contribution in [3.05, 3.63) is 82.6 Å². The highest BCUT2D eigenvalue weighted by molar-refractivity contribution is 6.04. The number of hydrogen-bond acceptors (Lipinski definition) is 9. The quantitative estimate of drug-likeness (QED) is 0.228. The molecule has 3 aliphatic heterocycles. The Bertz CT molecular complexity index is 2050. The van der Waals surface area contributed by atoms with Gasteiger partial charge in [-0.1, -0.05) is 48.5 Å². The molecule has 0 aromatic heterocycles. The summed E-state index contributed by atoms with van der Waals surface area (Å²) in [6.45, 7) is 4.78. The first-order valence-corrected chi connectivity index (χ1v) is 20.8. The van der Waals surface area contributed by atoms with Crippen LogP contribution in [0, 0.1) is 0 Å². The van der Waals surface area contributed by atoms with Crippen LogP contribution in [0.5, 0.6) is 0 Å². The minimum absolute atomic E-state index is 0.00430. The van der Waals surface area contributed by atoms with Crippen LogP contribution in [0.15, 0.2) is 76.4 Å². The van der Waals surface area contributed by atoms with Crippen molar-refractivity contribution in [1.29, 1.82) is 0 Å². The Hall–Kier alpha value is -5.27. The SMILES string of the molecule is COC(=O)N[C@H](C(=O)N1CCC[C@@H]1C1=C2CCCC2=C(c2ccc(-c3ccc(C4=CN=C([C@@H]5CCCN5C(=O)[C@@H](NC(=O)OC)[C@@H](C)OC)C4)cc3)cc2)C1)[C@@H](C)OC. The number of nitrogens with zero attached hydrogens (tertiary/aromatic N) is 3. The maximum absolute atomic E-state index is 14.0. The summed E-state index contributed by atoms with van der Waals surface area (Å²) < 4.78 is 20.5. The normalized spacial score (nSPS) is 22.1. The van der Waals surface area contributed by atoms with Gasteiger partial charge in [-0.05, 0) is 115 Å². The zero-order valence-corrected chi connectivity index (χ0v) is 35.0. The highest BCUT2D eigenvalue weighted by Gasteiger charge is 2.42. The van der Waals surface area contributed by atoms with E-state index in [0.717, 1.165) is 79.3 Å². The lowest BCUT2D eigenvalue weighted by Gasteiger charge is -2.32. The summed E-state index contributed by atoms with van der Waals surface area (Å²) in [4.78, 5) is 60.4. The average Bonchev–Trinajstić information content (AvgIpc) is 4.12. The number of likely N-dealkylation sites (tertiary alicyclic amines) is 2. The molecule has 13 nitrogen and oxygen atoms in total. The van der Waals surface area contributed by atoms with Gasteiger partial charge in [-0.2, -0.15) is 0 Å². The third-order valence-corrected chi connectivity index (χ3v) is 12.9. The molecule has 13 heteroatoms. The molecule has 1 saturated carbocycles. The molecule has 2 aliphatic carbocycles. The lowest BCUT2D eigenvalue weighted by atomic mass is 9.93. The van der Waals surface area contributed by atoms with E-state index in [-0.39, 0.29) is 23.9 Å². The first-order valence-electron chi connectivity index (χ1n) is 20.8. The van der Waals surface area contributed by atoms with Crippen molar-refractivity contribution in [2.45, 2.75) is 108 Å². The predicted octanol–water partition coefficient (Wildman–Crippen LogP) is 6.68. The number of hydrogen-bond donors (Lipinski definition) is 2. The first-order chi connectivity index (χ1) is 28.6. The van der Waals surface area contributed by atoms with Gasteiger partial charge in [-0.15, -0.1) is 0 Å². The lowest BCUT2D eigenvalue weighted by molar-refractivity contribution is -0.137. The topological polar surface area (TPSA) is 148 Å². The van der Waals surface area contributed by atoms with Gasteiger partial charge in [0.15, 0.2) is 0 Å². The molecule has 314 valence electrons. The number of ether oxygens (including phenoxy) is 4. The Morgan fingerprint density at radius 2 is 1.12 bits per heavy atom. The minimum Gasteiger partial charge on any atom is -0.453 e. The van der Waals surface area contributed by atoms with Gasteiger partial charge in [-0.25, -0.2) is 9.59 Å². The van der Waals surface area contributed by atoms with E-state index in [1.807, 2.05) is 16.0 Å². The van der Waals surface area contributed by atoms with Gasteiger partial charge >= 0.3 is 12.2 Å². The van der Waals surface area contributed by atoms with Crippen molar-refractivity contribution >= 4 is 40.9 Å². The van der Waals surface area contributed by atoms with Crippen LogP contribution in [0.2, 0.25) is 0 Å². The van der Waals surface area contributed by atoms with E-state index in [2.05, 4.69) is 59.2 Å². The highest BCUT2D eigenvalue weighted by Crippen LogP contribution is 2.50. The fraction of sp³-hybridized carbons (Fsp3) is 0.500. The monoisotopic (exact) mass is 807 g/mol. The van der Waals surface area contributed by atoms with Crippen molar-refractivity contribution in [3.63, 3.8) is 0 Å². The van der Waals surface area contributed by atoms with Crippen molar-refractivity contribution in [2.24, 2.45) is 4.99 Å². The van der Waals surface area contributed by atoms with Crippen LogP contribution in [0.25, 0.3) is 22.3 Å². The number of methoxy groups -OCH3 is 4. The fourth-order valence-corrected chi connectivity index (χ4v) is 9.53. The Labute approximate surface area is 346 Å². The minimum atomic E-state index is -0.864. The molecule has 2 aromatic carbocycles. The van der Waals surface area contributed by atoms with Gasteiger partial charge in [0.05, 0.1) is 38.5 Å². The summed E-state index contributed by atoms with van der Waals surface area (Å²) >= 11 is 0. The summed E-state index contributed by atoms with van der Waals surface area (Å²) in [5.41, 5.74) is 12.2. The molecule has 5 aliphatic rings. The summed E-state index contributed by atoms with van der Waals surface area (Å²) in [5.74, 6) is -0.334. The van der Waals surface area contributed by atoms with Crippen LogP contribution in [-0.4, -0.2) is 117 Å². The number of fused-ring (bicyclic) bond motifs is 1. The smallest absolute Gasteiger partial charge is 0.407 e. The van der Waals surface area contributed by atoms with Crippen molar-refractivity contribution in [3.8, 4) is 11.1 Å². The van der Waals surface area contributed by atoms with Crippen molar-refractivity contribution in [1.82, 2.24) is 20.4 Å². The van der Waals surface area contributed by atoms with E-state index in [1.165, 1.54) is 49.2 Å². The maximum atomic E-state index is 14.0. The molecule has 7 rings (SSSR count). The molecular weight excluding hydrogens is 751 g/mol. The third-order valence-electron chi connectivity index (χ3n) is 12.9. The summed E-state index contributed by atoms with van der Waals surface area (Å²) in [7, 11) is 5.63. The van der Waals surface area contributed by atoms with E-state index >= 15 is 0 Å². The molecule has 3 fully saturated rings. The highest BCUT2D eigenvalue weighted by atomic mass is 16.5. The number of allylic oxidation sites excluding steroid dienone is 4. The Balaban J connectivity index is 0.994. The molecule has 3 heterocycles. The number of nitrogens with one attached hydrogen (secondary N) is 2. The van der Waals surface area contributed by atoms with Crippen LogP contribution in [0.4, 0.5) is 9.59 Å². The Morgan fingerprint density at radius 3 is 1.66 bits per heavy atom. The zero-order chi connectivity index (χ0) is 41.8. The third kappa shape index (κ3) is 8.58. The van der Waals surface area contributed by atoms with Crippen LogP contribution < -0.4 is 10.6 Å². The van der Waals surface area contributed by atoms with Gasteiger partial charge in [0.2, 0.25) is 11.8 Å². The zero-order valence-electron chi connectivity index (χ0n) is 35.0. The van der Waals surface area contributed by atoms with Gasteiger partial charge in [0.1, 0.15) is 12.1 Å². The summed E-state index contributed by atoms with van der Waals surface area (Å²) in [6, 6.07) is 15.6. The molecule has 2 saturated heterocycles. The first kappa shape index (κ1) is 41.9. The largest absolute Gasteiger partial charge is 0.453 e. The van der Waals surface area contributed by atoms with E-state index in [4.69, 9.17) is 23.9 Å². The van der Waals surface area contributed by atoms with Gasteiger partial charge in [0.25, 0.3) is 0 Å². The van der Waals surface area contributed by atoms with Crippen LogP contribution in [-0.2, 0) is 28.5 Å². The Morgan fingerprint density at radius 1 is 0.627 bits per heavy atom. The van der Waals surface area contributed by atoms with E-state index in [0.29, 0.717) is 19.5 Å². The second-order valence-corrected chi connectivity index (χ2v) is 16.1. The molecule has 0 unspecified atom stereocenters. The number of rotatable bonds is 13. The number of carbonyl (C=O) groups excluding carboxylic acids is 4. The number of amides is 4. The summed E-state index contributed by atoms with van der Waals surface area (Å²) in [5, 5.41) is 5.36. The summed E-state index contributed by atoms with van der Waals surface area (Å²) in [6.07, 6.45) is 7.69. The standard InChI is InChI=1S/C46H57N5O8/c1-27(56-3)41(48-45(54)58-5)43(52)50-22-8-12-39(50)37-25-36(34-10-7-11-35(34)37)32-20-18-30(19-21-32)29-14-16-31(17-15-29)33-24-38(47-26-33)40-13-9-23-51(40)44(53)42(28(2)57-4)49-46(55)59-6/h14-21,26-28,39-42H,7-13,22-25H2,1-6H3,(H,48,54)(H,49,55)/t27-,28-,39-,40+,41+,42+/m1/s1. The van der Waals surface area contributed by atoms with Gasteiger partial charge in [-0.3, -0.25) is 14.6 Å². The van der Waals surface area contributed by atoms with E-state index in [9.17, 15) is 19.2 Å². The molecule has 6 atom stereocenters. The van der Waals surface area contributed by atoms with E-state index < -0.39 is 36.5 Å². The number of carbonyl (C=O) groups is 4. The predicted molar refractivity (Wildman–Crippen MR) is 225 cm³/mol. The van der Waals surface area contributed by atoms with Crippen LogP contribution in [0.3, 0.4) is 0 Å². The number of aliphatic imine (C=N–C) groups is 1. The maximum Gasteiger partial charge on any atom is 0.407 e. The molecule has 0 spiro atoms. The van der Waals surface area contributed by atoms with E-state index in [1.54, 1.807) is 21.0 Å².